The number of carbonyl (C=O) groups excluding carboxylic acids is 1. The third kappa shape index (κ3) is 3.66. The van der Waals surface area contributed by atoms with Crippen molar-refractivity contribution in [2.24, 2.45) is 11.3 Å². The highest BCUT2D eigenvalue weighted by molar-refractivity contribution is 5.75. The highest BCUT2D eigenvalue weighted by atomic mass is 16.2. The first-order chi connectivity index (χ1) is 6.56. The first-order valence-electron chi connectivity index (χ1n) is 5.44. The molecule has 0 aromatic carbocycles. The number of unbranched alkanes of at least 4 members (excludes halogenated alkanes) is 1. The Labute approximate surface area is 85.9 Å². The van der Waals surface area contributed by atoms with Crippen LogP contribution in [-0.2, 0) is 4.79 Å². The third-order valence-corrected chi connectivity index (χ3v) is 3.08. The SMILES string of the molecule is CC1(C)CC1CNC(=O)CCCCO. The lowest BCUT2D eigenvalue weighted by atomic mass is 10.1. The molecule has 2 N–H and O–H groups in total. The van der Waals surface area contributed by atoms with Crippen molar-refractivity contribution in [1.29, 1.82) is 0 Å². The Morgan fingerprint density at radius 2 is 2.14 bits per heavy atom. The molecule has 0 aliphatic heterocycles. The predicted molar refractivity (Wildman–Crippen MR) is 55.8 cm³/mol. The van der Waals surface area contributed by atoms with E-state index in [2.05, 4.69) is 19.2 Å². The lowest BCUT2D eigenvalue weighted by Gasteiger charge is -2.05. The van der Waals surface area contributed by atoms with Gasteiger partial charge in [-0.25, -0.2) is 0 Å². The Balaban J connectivity index is 1.99. The summed E-state index contributed by atoms with van der Waals surface area (Å²) in [6.45, 7) is 5.47. The molecule has 1 saturated carbocycles. The van der Waals surface area contributed by atoms with Gasteiger partial charge in [-0.1, -0.05) is 13.8 Å². The van der Waals surface area contributed by atoms with Gasteiger partial charge in [-0.05, 0) is 30.6 Å². The average Bonchev–Trinajstić information content (AvgIpc) is 2.71. The fourth-order valence-electron chi connectivity index (χ4n) is 1.65. The summed E-state index contributed by atoms with van der Waals surface area (Å²) in [5, 5.41) is 11.5. The Morgan fingerprint density at radius 1 is 1.50 bits per heavy atom. The second kappa shape index (κ2) is 4.78. The zero-order valence-corrected chi connectivity index (χ0v) is 9.18. The van der Waals surface area contributed by atoms with Crippen LogP contribution in [-0.4, -0.2) is 24.2 Å². The molecule has 1 fully saturated rings. The fraction of sp³-hybridized carbons (Fsp3) is 0.909. The van der Waals surface area contributed by atoms with Gasteiger partial charge in [0.1, 0.15) is 0 Å². The summed E-state index contributed by atoms with van der Waals surface area (Å²) in [5.74, 6) is 0.797. The topological polar surface area (TPSA) is 49.3 Å². The predicted octanol–water partition coefficient (Wildman–Crippen LogP) is 1.31. The molecule has 14 heavy (non-hydrogen) atoms. The van der Waals surface area contributed by atoms with Crippen LogP contribution in [0.2, 0.25) is 0 Å². The summed E-state index contributed by atoms with van der Waals surface area (Å²) in [7, 11) is 0. The van der Waals surface area contributed by atoms with Crippen LogP contribution in [0.5, 0.6) is 0 Å². The Bertz CT molecular complexity index is 201. The normalized spacial score (nSPS) is 23.2. The first kappa shape index (κ1) is 11.5. The van der Waals surface area contributed by atoms with Crippen LogP contribution < -0.4 is 5.32 Å². The minimum atomic E-state index is 0.126. The van der Waals surface area contributed by atoms with Crippen LogP contribution in [0, 0.1) is 11.3 Å². The second-order valence-electron chi connectivity index (χ2n) is 4.87. The number of amides is 1. The van der Waals surface area contributed by atoms with Gasteiger partial charge in [0, 0.05) is 19.6 Å². The maximum absolute atomic E-state index is 11.3. The van der Waals surface area contributed by atoms with Crippen LogP contribution in [0.4, 0.5) is 0 Å². The summed E-state index contributed by atoms with van der Waals surface area (Å²) in [4.78, 5) is 11.3. The van der Waals surface area contributed by atoms with Gasteiger partial charge in [0.15, 0.2) is 0 Å². The summed E-state index contributed by atoms with van der Waals surface area (Å²) >= 11 is 0. The van der Waals surface area contributed by atoms with E-state index >= 15 is 0 Å². The second-order valence-corrected chi connectivity index (χ2v) is 4.87. The molecular formula is C11H21NO2. The van der Waals surface area contributed by atoms with Crippen LogP contribution in [0.15, 0.2) is 0 Å². The molecular weight excluding hydrogens is 178 g/mol. The van der Waals surface area contributed by atoms with E-state index in [9.17, 15) is 4.79 Å². The van der Waals surface area contributed by atoms with Gasteiger partial charge in [-0.15, -0.1) is 0 Å². The van der Waals surface area contributed by atoms with Gasteiger partial charge in [-0.2, -0.15) is 0 Å². The molecule has 1 atom stereocenters. The van der Waals surface area contributed by atoms with E-state index in [1.807, 2.05) is 0 Å². The number of rotatable bonds is 6. The van der Waals surface area contributed by atoms with E-state index in [-0.39, 0.29) is 12.5 Å². The molecule has 0 saturated heterocycles. The molecule has 1 unspecified atom stereocenters. The van der Waals surface area contributed by atoms with E-state index in [1.54, 1.807) is 0 Å². The number of aliphatic hydroxyl groups is 1. The highest BCUT2D eigenvalue weighted by Crippen LogP contribution is 2.50. The molecule has 0 bridgehead atoms. The summed E-state index contributed by atoms with van der Waals surface area (Å²) in [5.41, 5.74) is 0.443. The monoisotopic (exact) mass is 199 g/mol. The van der Waals surface area contributed by atoms with Gasteiger partial charge in [0.25, 0.3) is 0 Å². The minimum absolute atomic E-state index is 0.126. The summed E-state index contributed by atoms with van der Waals surface area (Å²) < 4.78 is 0. The molecule has 0 radical (unpaired) electrons. The average molecular weight is 199 g/mol. The van der Waals surface area contributed by atoms with Crippen molar-refractivity contribution in [3.8, 4) is 0 Å². The number of hydrogen-bond acceptors (Lipinski definition) is 2. The lowest BCUT2D eigenvalue weighted by Crippen LogP contribution is -2.26. The standard InChI is InChI=1S/C11H21NO2/c1-11(2)7-9(11)8-12-10(14)5-3-4-6-13/h9,13H,3-8H2,1-2H3,(H,12,14). The van der Waals surface area contributed by atoms with Gasteiger partial charge in [0.2, 0.25) is 5.91 Å². The van der Waals surface area contributed by atoms with Gasteiger partial charge in [0.05, 0.1) is 0 Å². The van der Waals surface area contributed by atoms with Crippen molar-refractivity contribution < 1.29 is 9.90 Å². The Morgan fingerprint density at radius 3 is 2.64 bits per heavy atom. The highest BCUT2D eigenvalue weighted by Gasteiger charge is 2.45. The summed E-state index contributed by atoms with van der Waals surface area (Å²) in [6, 6.07) is 0. The van der Waals surface area contributed by atoms with Crippen LogP contribution in [0.25, 0.3) is 0 Å². The van der Waals surface area contributed by atoms with Crippen molar-refractivity contribution in [3.05, 3.63) is 0 Å². The zero-order valence-electron chi connectivity index (χ0n) is 9.18. The van der Waals surface area contributed by atoms with E-state index in [4.69, 9.17) is 5.11 Å². The van der Waals surface area contributed by atoms with Crippen LogP contribution in [0.3, 0.4) is 0 Å². The molecule has 1 aliphatic carbocycles. The first-order valence-corrected chi connectivity index (χ1v) is 5.44. The maximum atomic E-state index is 11.3. The number of nitrogens with one attached hydrogen (secondary N) is 1. The molecule has 82 valence electrons. The number of hydrogen-bond donors (Lipinski definition) is 2. The third-order valence-electron chi connectivity index (χ3n) is 3.08. The summed E-state index contributed by atoms with van der Waals surface area (Å²) in [6.07, 6.45) is 3.29. The molecule has 1 aliphatic rings. The molecule has 1 amide bonds. The minimum Gasteiger partial charge on any atom is -0.396 e. The van der Waals surface area contributed by atoms with Crippen molar-refractivity contribution in [3.63, 3.8) is 0 Å². The molecule has 3 nitrogen and oxygen atoms in total. The number of aliphatic hydroxyl groups excluding tert-OH is 1. The molecule has 0 spiro atoms. The van der Waals surface area contributed by atoms with E-state index in [0.717, 1.165) is 19.4 Å². The van der Waals surface area contributed by atoms with Crippen molar-refractivity contribution in [1.82, 2.24) is 5.32 Å². The smallest absolute Gasteiger partial charge is 0.220 e. The molecule has 1 rings (SSSR count). The molecule has 3 heteroatoms. The lowest BCUT2D eigenvalue weighted by molar-refractivity contribution is -0.121. The van der Waals surface area contributed by atoms with Crippen molar-refractivity contribution >= 4 is 5.91 Å². The molecule has 0 aromatic rings. The maximum Gasteiger partial charge on any atom is 0.220 e. The van der Waals surface area contributed by atoms with E-state index in [0.29, 0.717) is 17.8 Å². The fourth-order valence-corrected chi connectivity index (χ4v) is 1.65. The van der Waals surface area contributed by atoms with Gasteiger partial charge < -0.3 is 10.4 Å². The Kier molecular flexibility index (Phi) is 3.93. The number of carbonyl (C=O) groups is 1. The molecule has 0 heterocycles. The van der Waals surface area contributed by atoms with Gasteiger partial charge >= 0.3 is 0 Å². The Hall–Kier alpha value is -0.570. The van der Waals surface area contributed by atoms with Gasteiger partial charge in [-0.3, -0.25) is 4.79 Å². The molecule has 0 aromatic heterocycles. The van der Waals surface area contributed by atoms with Crippen molar-refractivity contribution in [2.75, 3.05) is 13.2 Å². The van der Waals surface area contributed by atoms with Crippen LogP contribution in [0.1, 0.15) is 39.5 Å². The quantitative estimate of drug-likeness (QED) is 0.634. The largest absolute Gasteiger partial charge is 0.396 e. The zero-order chi connectivity index (χ0) is 10.6. The van der Waals surface area contributed by atoms with Crippen LogP contribution >= 0.6 is 0 Å². The van der Waals surface area contributed by atoms with E-state index < -0.39 is 0 Å². The van der Waals surface area contributed by atoms with E-state index in [1.165, 1.54) is 6.42 Å². The van der Waals surface area contributed by atoms with Crippen molar-refractivity contribution in [2.45, 2.75) is 39.5 Å².